The molecule has 0 spiro atoms. The minimum absolute atomic E-state index is 0.236. The molecule has 3 aromatic rings. The highest BCUT2D eigenvalue weighted by Crippen LogP contribution is 2.23. The van der Waals surface area contributed by atoms with Crippen LogP contribution in [0.5, 0.6) is 0 Å². The van der Waals surface area contributed by atoms with Gasteiger partial charge >= 0.3 is 0 Å². The molecule has 1 aromatic heterocycles. The van der Waals surface area contributed by atoms with Gasteiger partial charge in [0.25, 0.3) is 5.91 Å². The second-order valence-corrected chi connectivity index (χ2v) is 7.18. The zero-order valence-electron chi connectivity index (χ0n) is 13.5. The summed E-state index contributed by atoms with van der Waals surface area (Å²) < 4.78 is 6.61. The molecule has 0 unspecified atom stereocenters. The summed E-state index contributed by atoms with van der Waals surface area (Å²) in [5.74, 6) is 1.17. The van der Waals surface area contributed by atoms with E-state index in [1.54, 1.807) is 18.2 Å². The average molecular weight is 450 g/mol. The largest absolute Gasteiger partial charge is 0.459 e. The zero-order chi connectivity index (χ0) is 18.5. The fourth-order valence-electron chi connectivity index (χ4n) is 2.26. The predicted molar refractivity (Wildman–Crippen MR) is 110 cm³/mol. The molecule has 3 rings (SSSR count). The van der Waals surface area contributed by atoms with E-state index in [0.717, 1.165) is 15.8 Å². The van der Waals surface area contributed by atoms with Crippen LogP contribution in [0.1, 0.15) is 16.1 Å². The molecule has 0 atom stereocenters. The van der Waals surface area contributed by atoms with Crippen molar-refractivity contribution in [3.05, 3.63) is 81.5 Å². The molecule has 26 heavy (non-hydrogen) atoms. The molecule has 0 saturated carbocycles. The second-order valence-electron chi connectivity index (χ2n) is 5.42. The third kappa shape index (κ3) is 4.94. The van der Waals surface area contributed by atoms with Crippen molar-refractivity contribution in [3.63, 3.8) is 0 Å². The lowest BCUT2D eigenvalue weighted by molar-refractivity contribution is 0.0976. The number of rotatable bonds is 4. The summed E-state index contributed by atoms with van der Waals surface area (Å²) in [5, 5.41) is 6.51. The van der Waals surface area contributed by atoms with Crippen LogP contribution in [0.3, 0.4) is 0 Å². The molecule has 2 N–H and O–H groups in total. The molecule has 2 aromatic carbocycles. The Morgan fingerprint density at radius 2 is 1.88 bits per heavy atom. The third-order valence-electron chi connectivity index (χ3n) is 3.53. The van der Waals surface area contributed by atoms with Crippen molar-refractivity contribution in [2.45, 2.75) is 6.54 Å². The van der Waals surface area contributed by atoms with E-state index in [4.69, 9.17) is 28.2 Å². The fraction of sp³-hybridized carbons (Fsp3) is 0.0526. The average Bonchev–Trinajstić information content (AvgIpc) is 3.09. The van der Waals surface area contributed by atoms with Crippen LogP contribution in [0.2, 0.25) is 5.02 Å². The summed E-state index contributed by atoms with van der Waals surface area (Å²) >= 11 is 14.4. The standard InChI is InChI=1S/C19H14BrClN2O2S/c20-14-3-1-2-13(10-14)18(24)23-19(26)22-11-16-8-9-17(25-16)12-4-6-15(21)7-5-12/h1-10H,11H2,(H2,22,23,24,26). The van der Waals surface area contributed by atoms with E-state index in [0.29, 0.717) is 22.9 Å². The molecule has 132 valence electrons. The summed E-state index contributed by atoms with van der Waals surface area (Å²) in [7, 11) is 0. The van der Waals surface area contributed by atoms with E-state index < -0.39 is 0 Å². The SMILES string of the molecule is O=C(NC(=S)NCc1ccc(-c2ccc(Cl)cc2)o1)c1cccc(Br)c1. The van der Waals surface area contributed by atoms with E-state index in [2.05, 4.69) is 26.6 Å². The molecule has 4 nitrogen and oxygen atoms in total. The predicted octanol–water partition coefficient (Wildman–Crippen LogP) is 5.17. The number of furan rings is 1. The van der Waals surface area contributed by atoms with Crippen LogP contribution in [0, 0.1) is 0 Å². The lowest BCUT2D eigenvalue weighted by atomic mass is 10.2. The van der Waals surface area contributed by atoms with Crippen LogP contribution < -0.4 is 10.6 Å². The van der Waals surface area contributed by atoms with Crippen molar-refractivity contribution < 1.29 is 9.21 Å². The number of hydrogen-bond donors (Lipinski definition) is 2. The number of thiocarbonyl (C=S) groups is 1. The molecular formula is C19H14BrClN2O2S. The lowest BCUT2D eigenvalue weighted by Crippen LogP contribution is -2.38. The number of amides is 1. The van der Waals surface area contributed by atoms with Crippen molar-refractivity contribution in [1.29, 1.82) is 0 Å². The Labute approximate surface area is 169 Å². The van der Waals surface area contributed by atoms with Gasteiger partial charge < -0.3 is 9.73 Å². The van der Waals surface area contributed by atoms with Gasteiger partial charge in [-0.1, -0.05) is 33.6 Å². The summed E-state index contributed by atoms with van der Waals surface area (Å²) in [6.45, 7) is 0.366. The first-order valence-corrected chi connectivity index (χ1v) is 9.28. The molecule has 0 saturated heterocycles. The molecule has 0 fully saturated rings. The van der Waals surface area contributed by atoms with Gasteiger partial charge in [-0.05, 0) is 66.8 Å². The van der Waals surface area contributed by atoms with Crippen molar-refractivity contribution >= 4 is 50.8 Å². The molecule has 0 aliphatic rings. The number of benzene rings is 2. The van der Waals surface area contributed by atoms with Crippen molar-refractivity contribution in [2.75, 3.05) is 0 Å². The maximum atomic E-state index is 12.1. The Balaban J connectivity index is 1.55. The van der Waals surface area contributed by atoms with Crippen molar-refractivity contribution in [2.24, 2.45) is 0 Å². The molecule has 0 radical (unpaired) electrons. The molecule has 0 aliphatic heterocycles. The summed E-state index contributed by atoms with van der Waals surface area (Å²) in [4.78, 5) is 12.1. The highest BCUT2D eigenvalue weighted by Gasteiger charge is 2.09. The molecule has 7 heteroatoms. The monoisotopic (exact) mass is 448 g/mol. The molecule has 0 aliphatic carbocycles. The van der Waals surface area contributed by atoms with Gasteiger partial charge in [0.15, 0.2) is 5.11 Å². The fourth-order valence-corrected chi connectivity index (χ4v) is 2.95. The van der Waals surface area contributed by atoms with E-state index in [9.17, 15) is 4.79 Å². The number of carbonyl (C=O) groups is 1. The van der Waals surface area contributed by atoms with Gasteiger partial charge in [0.2, 0.25) is 0 Å². The highest BCUT2D eigenvalue weighted by molar-refractivity contribution is 9.10. The summed E-state index contributed by atoms with van der Waals surface area (Å²) in [6.07, 6.45) is 0. The maximum absolute atomic E-state index is 12.1. The van der Waals surface area contributed by atoms with E-state index in [-0.39, 0.29) is 11.0 Å². The molecule has 1 heterocycles. The van der Waals surface area contributed by atoms with Crippen LogP contribution >= 0.6 is 39.7 Å². The molecule has 0 bridgehead atoms. The van der Waals surface area contributed by atoms with Crippen LogP contribution in [0.15, 0.2) is 69.6 Å². The van der Waals surface area contributed by atoms with Crippen LogP contribution in [-0.4, -0.2) is 11.0 Å². The van der Waals surface area contributed by atoms with E-state index in [1.165, 1.54) is 0 Å². The molecular weight excluding hydrogens is 436 g/mol. The Bertz CT molecular complexity index is 941. The minimum Gasteiger partial charge on any atom is -0.459 e. The molecule has 1 amide bonds. The Hall–Kier alpha value is -2.15. The van der Waals surface area contributed by atoms with Crippen molar-refractivity contribution in [1.82, 2.24) is 10.6 Å². The first kappa shape index (κ1) is 18.6. The first-order valence-electron chi connectivity index (χ1n) is 7.70. The normalized spacial score (nSPS) is 10.4. The van der Waals surface area contributed by atoms with E-state index >= 15 is 0 Å². The minimum atomic E-state index is -0.273. The highest BCUT2D eigenvalue weighted by atomic mass is 79.9. The number of hydrogen-bond acceptors (Lipinski definition) is 3. The van der Waals surface area contributed by atoms with Gasteiger partial charge in [-0.25, -0.2) is 0 Å². The quantitative estimate of drug-likeness (QED) is 0.540. The van der Waals surface area contributed by atoms with Gasteiger partial charge in [0.05, 0.1) is 6.54 Å². The lowest BCUT2D eigenvalue weighted by Gasteiger charge is -2.08. The van der Waals surface area contributed by atoms with Gasteiger partial charge in [-0.2, -0.15) is 0 Å². The number of nitrogens with one attached hydrogen (secondary N) is 2. The van der Waals surface area contributed by atoms with E-state index in [1.807, 2.05) is 42.5 Å². The maximum Gasteiger partial charge on any atom is 0.257 e. The van der Waals surface area contributed by atoms with Crippen LogP contribution in [0.25, 0.3) is 11.3 Å². The topological polar surface area (TPSA) is 54.3 Å². The Kier molecular flexibility index (Phi) is 6.08. The first-order chi connectivity index (χ1) is 12.5. The number of carbonyl (C=O) groups excluding carboxylic acids is 1. The summed E-state index contributed by atoms with van der Waals surface area (Å²) in [6, 6.07) is 18.2. The van der Waals surface area contributed by atoms with Gasteiger partial charge in [-0.15, -0.1) is 0 Å². The van der Waals surface area contributed by atoms with Crippen LogP contribution in [-0.2, 0) is 6.54 Å². The Morgan fingerprint density at radius 3 is 2.62 bits per heavy atom. The number of halogens is 2. The second kappa shape index (κ2) is 8.49. The Morgan fingerprint density at radius 1 is 1.12 bits per heavy atom. The van der Waals surface area contributed by atoms with Crippen molar-refractivity contribution in [3.8, 4) is 11.3 Å². The third-order valence-corrected chi connectivity index (χ3v) is 4.52. The van der Waals surface area contributed by atoms with Gasteiger partial charge in [0, 0.05) is 20.6 Å². The van der Waals surface area contributed by atoms with Gasteiger partial charge in [0.1, 0.15) is 11.5 Å². The summed E-state index contributed by atoms with van der Waals surface area (Å²) in [5.41, 5.74) is 1.46. The van der Waals surface area contributed by atoms with Crippen LogP contribution in [0.4, 0.5) is 0 Å². The van der Waals surface area contributed by atoms with Gasteiger partial charge in [-0.3, -0.25) is 10.1 Å². The smallest absolute Gasteiger partial charge is 0.257 e. The zero-order valence-corrected chi connectivity index (χ0v) is 16.6.